The third-order valence-electron chi connectivity index (χ3n) is 2.34. The van der Waals surface area contributed by atoms with E-state index < -0.39 is 0 Å². The lowest BCUT2D eigenvalue weighted by Gasteiger charge is -2.22. The molecule has 114 valence electrons. The zero-order valence-corrected chi connectivity index (χ0v) is 13.7. The van der Waals surface area contributed by atoms with Crippen molar-refractivity contribution < 1.29 is 9.53 Å². The van der Waals surface area contributed by atoms with E-state index in [1.54, 1.807) is 6.08 Å². The number of carbonyl (C=O) groups excluding carboxylic acids is 1. The van der Waals surface area contributed by atoms with Crippen molar-refractivity contribution in [3.63, 3.8) is 0 Å². The zero-order valence-electron chi connectivity index (χ0n) is 12.9. The first-order valence-corrected chi connectivity index (χ1v) is 7.25. The average Bonchev–Trinajstić information content (AvgIpc) is 2.36. The number of rotatable bonds is 4. The molecular weight excluding hydrogens is 284 g/mol. The van der Waals surface area contributed by atoms with Gasteiger partial charge in [-0.3, -0.25) is 10.1 Å². The van der Waals surface area contributed by atoms with Crippen molar-refractivity contribution in [1.29, 1.82) is 0 Å². The van der Waals surface area contributed by atoms with Crippen LogP contribution in [0.5, 0.6) is 5.75 Å². The van der Waals surface area contributed by atoms with Crippen molar-refractivity contribution in [3.8, 4) is 5.75 Å². The number of nitrogens with one attached hydrogen (secondary N) is 2. The van der Waals surface area contributed by atoms with Crippen LogP contribution in [0.15, 0.2) is 30.3 Å². The maximum Gasteiger partial charge on any atom is 0.250 e. The largest absolute Gasteiger partial charge is 0.494 e. The van der Waals surface area contributed by atoms with Gasteiger partial charge in [0, 0.05) is 11.6 Å². The van der Waals surface area contributed by atoms with Gasteiger partial charge in [-0.05, 0) is 63.7 Å². The second kappa shape index (κ2) is 7.78. The van der Waals surface area contributed by atoms with Gasteiger partial charge >= 0.3 is 0 Å². The quantitative estimate of drug-likeness (QED) is 0.663. The average molecular weight is 306 g/mol. The summed E-state index contributed by atoms with van der Waals surface area (Å²) < 4.78 is 5.36. The van der Waals surface area contributed by atoms with Gasteiger partial charge in [-0.25, -0.2) is 0 Å². The summed E-state index contributed by atoms with van der Waals surface area (Å²) in [6, 6.07) is 7.51. The lowest BCUT2D eigenvalue weighted by Crippen LogP contribution is -2.47. The number of hydrogen-bond donors (Lipinski definition) is 2. The molecule has 0 unspecified atom stereocenters. The van der Waals surface area contributed by atoms with Crippen LogP contribution in [0.2, 0.25) is 0 Å². The van der Waals surface area contributed by atoms with Crippen LogP contribution < -0.4 is 15.4 Å². The minimum atomic E-state index is -0.259. The molecular formula is C16H22N2O2S. The third-order valence-corrected chi connectivity index (χ3v) is 2.55. The Hall–Kier alpha value is -1.88. The SMILES string of the molecule is CCOc1ccc(/C=C/C(=O)NC(=S)NC(C)(C)C)cc1. The molecule has 5 heteroatoms. The molecule has 0 aliphatic carbocycles. The molecule has 0 aromatic heterocycles. The molecule has 0 heterocycles. The van der Waals surface area contributed by atoms with Gasteiger partial charge in [0.1, 0.15) is 5.75 Å². The molecule has 0 bridgehead atoms. The predicted octanol–water partition coefficient (Wildman–Crippen LogP) is 2.89. The van der Waals surface area contributed by atoms with Gasteiger partial charge in [-0.15, -0.1) is 0 Å². The molecule has 0 fully saturated rings. The number of benzene rings is 1. The number of amides is 1. The van der Waals surface area contributed by atoms with Crippen LogP contribution in [-0.2, 0) is 4.79 Å². The molecule has 2 N–H and O–H groups in total. The first-order chi connectivity index (χ1) is 9.80. The molecule has 0 saturated carbocycles. The van der Waals surface area contributed by atoms with Crippen molar-refractivity contribution in [1.82, 2.24) is 10.6 Å². The molecule has 21 heavy (non-hydrogen) atoms. The summed E-state index contributed by atoms with van der Waals surface area (Å²) in [5.41, 5.74) is 0.742. The standard InChI is InChI=1S/C16H22N2O2S/c1-5-20-13-9-6-12(7-10-13)8-11-14(19)17-15(21)18-16(2,3)4/h6-11H,5H2,1-4H3,(H2,17,18,19,21)/b11-8+. The Morgan fingerprint density at radius 2 is 1.90 bits per heavy atom. The summed E-state index contributed by atoms with van der Waals surface area (Å²) in [5.74, 6) is 0.556. The van der Waals surface area contributed by atoms with Crippen LogP contribution >= 0.6 is 12.2 Å². The summed E-state index contributed by atoms with van der Waals surface area (Å²) in [5, 5.41) is 5.95. The second-order valence-corrected chi connectivity index (χ2v) is 5.94. The second-order valence-electron chi connectivity index (χ2n) is 5.53. The van der Waals surface area contributed by atoms with E-state index in [-0.39, 0.29) is 11.4 Å². The summed E-state index contributed by atoms with van der Waals surface area (Å²) in [6.07, 6.45) is 3.18. The van der Waals surface area contributed by atoms with Crippen LogP contribution in [0, 0.1) is 0 Å². The molecule has 1 rings (SSSR count). The van der Waals surface area contributed by atoms with E-state index in [2.05, 4.69) is 10.6 Å². The van der Waals surface area contributed by atoms with Crippen LogP contribution in [0.1, 0.15) is 33.3 Å². The Morgan fingerprint density at radius 3 is 2.43 bits per heavy atom. The highest BCUT2D eigenvalue weighted by atomic mass is 32.1. The van der Waals surface area contributed by atoms with Gasteiger partial charge in [0.15, 0.2) is 5.11 Å². The Bertz CT molecular complexity index is 516. The number of thiocarbonyl (C=S) groups is 1. The molecule has 0 spiro atoms. The fourth-order valence-electron chi connectivity index (χ4n) is 1.54. The monoisotopic (exact) mass is 306 g/mol. The molecule has 0 atom stereocenters. The van der Waals surface area contributed by atoms with Crippen molar-refractivity contribution in [2.45, 2.75) is 33.2 Å². The smallest absolute Gasteiger partial charge is 0.250 e. The van der Waals surface area contributed by atoms with Crippen molar-refractivity contribution >= 4 is 29.3 Å². The predicted molar refractivity (Wildman–Crippen MR) is 90.3 cm³/mol. The fourth-order valence-corrected chi connectivity index (χ4v) is 1.95. The molecule has 0 aliphatic heterocycles. The highest BCUT2D eigenvalue weighted by Crippen LogP contribution is 2.12. The Kier molecular flexibility index (Phi) is 6.37. The topological polar surface area (TPSA) is 50.4 Å². The fraction of sp³-hybridized carbons (Fsp3) is 0.375. The van der Waals surface area contributed by atoms with Gasteiger partial charge in [-0.2, -0.15) is 0 Å². The first kappa shape index (κ1) is 17.2. The molecule has 0 radical (unpaired) electrons. The minimum absolute atomic E-state index is 0.177. The summed E-state index contributed by atoms with van der Waals surface area (Å²) in [4.78, 5) is 11.7. The van der Waals surface area contributed by atoms with Crippen LogP contribution in [-0.4, -0.2) is 23.2 Å². The highest BCUT2D eigenvalue weighted by molar-refractivity contribution is 7.80. The van der Waals surface area contributed by atoms with E-state index in [1.165, 1.54) is 6.08 Å². The van der Waals surface area contributed by atoms with Gasteiger partial charge in [-0.1, -0.05) is 12.1 Å². The number of hydrogen-bond acceptors (Lipinski definition) is 3. The summed E-state index contributed by atoms with van der Waals surface area (Å²) in [7, 11) is 0. The summed E-state index contributed by atoms with van der Waals surface area (Å²) >= 11 is 5.06. The van der Waals surface area contributed by atoms with Crippen molar-refractivity contribution in [2.24, 2.45) is 0 Å². The maximum absolute atomic E-state index is 11.7. The van der Waals surface area contributed by atoms with Crippen LogP contribution in [0.4, 0.5) is 0 Å². The van der Waals surface area contributed by atoms with Crippen molar-refractivity contribution in [3.05, 3.63) is 35.9 Å². The van der Waals surface area contributed by atoms with Gasteiger partial charge < -0.3 is 10.1 Å². The first-order valence-electron chi connectivity index (χ1n) is 6.84. The normalized spacial score (nSPS) is 11.2. The van der Waals surface area contributed by atoms with E-state index in [9.17, 15) is 4.79 Å². The summed E-state index contributed by atoms with van der Waals surface area (Å²) in [6.45, 7) is 8.49. The lowest BCUT2D eigenvalue weighted by molar-refractivity contribution is -0.115. The van der Waals surface area contributed by atoms with E-state index in [4.69, 9.17) is 17.0 Å². The van der Waals surface area contributed by atoms with E-state index in [0.29, 0.717) is 11.7 Å². The minimum Gasteiger partial charge on any atom is -0.494 e. The number of ether oxygens (including phenoxy) is 1. The lowest BCUT2D eigenvalue weighted by atomic mass is 10.1. The van der Waals surface area contributed by atoms with Gasteiger partial charge in [0.2, 0.25) is 5.91 Å². The maximum atomic E-state index is 11.7. The Balaban J connectivity index is 2.52. The molecule has 0 saturated heterocycles. The highest BCUT2D eigenvalue weighted by Gasteiger charge is 2.11. The van der Waals surface area contributed by atoms with Gasteiger partial charge in [0.05, 0.1) is 6.61 Å². The number of carbonyl (C=O) groups is 1. The molecule has 1 aromatic rings. The van der Waals surface area contributed by atoms with Crippen LogP contribution in [0.3, 0.4) is 0 Å². The van der Waals surface area contributed by atoms with Gasteiger partial charge in [0.25, 0.3) is 0 Å². The molecule has 1 aromatic carbocycles. The molecule has 1 amide bonds. The Morgan fingerprint density at radius 1 is 1.29 bits per heavy atom. The Labute approximate surface area is 131 Å². The van der Waals surface area contributed by atoms with Crippen LogP contribution in [0.25, 0.3) is 6.08 Å². The van der Waals surface area contributed by atoms with E-state index in [0.717, 1.165) is 11.3 Å². The van der Waals surface area contributed by atoms with E-state index in [1.807, 2.05) is 52.0 Å². The van der Waals surface area contributed by atoms with Crippen molar-refractivity contribution in [2.75, 3.05) is 6.61 Å². The zero-order chi connectivity index (χ0) is 15.9. The van der Waals surface area contributed by atoms with E-state index >= 15 is 0 Å². The molecule has 4 nitrogen and oxygen atoms in total. The molecule has 0 aliphatic rings. The third kappa shape index (κ3) is 7.46.